The molecule has 0 aromatic heterocycles. The van der Waals surface area contributed by atoms with Gasteiger partial charge in [-0.15, -0.1) is 11.8 Å². The number of nitrogens with zero attached hydrogens (tertiary/aromatic N) is 1. The average molecular weight is 553 g/mol. The second-order valence-electron chi connectivity index (χ2n) is 9.29. The van der Waals surface area contributed by atoms with Crippen LogP contribution in [0.2, 0.25) is 0 Å². The molecule has 0 bridgehead atoms. The van der Waals surface area contributed by atoms with Crippen LogP contribution in [0.4, 0.5) is 13.2 Å². The lowest BCUT2D eigenvalue weighted by Gasteiger charge is -2.31. The minimum atomic E-state index is -4.48. The van der Waals surface area contributed by atoms with Crippen molar-refractivity contribution < 1.29 is 37.0 Å². The monoisotopic (exact) mass is 552 g/mol. The Balaban J connectivity index is 1.70. The Bertz CT molecular complexity index is 1130. The van der Waals surface area contributed by atoms with Gasteiger partial charge in [-0.05, 0) is 42.7 Å². The van der Waals surface area contributed by atoms with E-state index in [1.165, 1.54) is 62.3 Å². The topological polar surface area (TPSA) is 77.1 Å². The van der Waals surface area contributed by atoms with E-state index in [0.29, 0.717) is 17.1 Å². The Hall–Kier alpha value is -3.08. The van der Waals surface area contributed by atoms with Gasteiger partial charge in [0, 0.05) is 17.4 Å². The molecular weight excluding hydrogens is 521 g/mol. The quantitative estimate of drug-likeness (QED) is 0.493. The van der Waals surface area contributed by atoms with Gasteiger partial charge >= 0.3 is 6.18 Å². The van der Waals surface area contributed by atoms with Gasteiger partial charge in [0.15, 0.2) is 11.5 Å². The standard InChI is InChI=1S/C27H31F3N2O5S/c1-35-21-13-17(14-22(36-2)23(21)37-3)25(34)32-20(24(33)31-19-7-5-4-6-8-19)15-38-26(32)16-9-11-18(12-10-16)27(28,29)30/h9-14,19-20,26H,4-8,15H2,1-3H3,(H,31,33). The van der Waals surface area contributed by atoms with Gasteiger partial charge in [0.05, 0.1) is 26.9 Å². The zero-order chi connectivity index (χ0) is 27.4. The molecular formula is C27H31F3N2O5S. The van der Waals surface area contributed by atoms with E-state index < -0.39 is 29.1 Å². The van der Waals surface area contributed by atoms with Gasteiger partial charge in [-0.3, -0.25) is 9.59 Å². The van der Waals surface area contributed by atoms with Gasteiger partial charge in [-0.1, -0.05) is 31.4 Å². The first-order valence-corrected chi connectivity index (χ1v) is 13.4. The molecule has 206 valence electrons. The average Bonchev–Trinajstić information content (AvgIpc) is 3.37. The summed E-state index contributed by atoms with van der Waals surface area (Å²) in [6, 6.07) is 6.96. The lowest BCUT2D eigenvalue weighted by atomic mass is 9.95. The molecule has 1 N–H and O–H groups in total. The summed E-state index contributed by atoms with van der Waals surface area (Å²) in [5.41, 5.74) is -0.0792. The summed E-state index contributed by atoms with van der Waals surface area (Å²) in [4.78, 5) is 28.9. The normalized spacial score (nSPS) is 20.2. The van der Waals surface area contributed by atoms with E-state index in [1.807, 2.05) is 0 Å². The first kappa shape index (κ1) is 27.9. The number of hydrogen-bond donors (Lipinski definition) is 1. The van der Waals surface area contributed by atoms with Crippen molar-refractivity contribution in [3.05, 3.63) is 53.1 Å². The van der Waals surface area contributed by atoms with Gasteiger partial charge in [0.2, 0.25) is 11.7 Å². The zero-order valence-electron chi connectivity index (χ0n) is 21.5. The molecule has 4 rings (SSSR count). The summed E-state index contributed by atoms with van der Waals surface area (Å²) in [5, 5.41) is 2.44. The molecule has 1 heterocycles. The number of rotatable bonds is 7. The molecule has 0 radical (unpaired) electrons. The maximum absolute atomic E-state index is 14.0. The van der Waals surface area contributed by atoms with E-state index in [0.717, 1.165) is 44.2 Å². The molecule has 2 unspecified atom stereocenters. The van der Waals surface area contributed by atoms with Crippen LogP contribution in [0.5, 0.6) is 17.2 Å². The maximum atomic E-state index is 14.0. The summed E-state index contributed by atoms with van der Waals surface area (Å²) in [5.74, 6) is 0.434. The van der Waals surface area contributed by atoms with E-state index >= 15 is 0 Å². The van der Waals surface area contributed by atoms with Crippen molar-refractivity contribution in [1.29, 1.82) is 0 Å². The van der Waals surface area contributed by atoms with Crippen molar-refractivity contribution in [2.24, 2.45) is 0 Å². The molecule has 1 saturated heterocycles. The molecule has 2 aromatic rings. The Labute approximate surface area is 224 Å². The van der Waals surface area contributed by atoms with E-state index in [-0.39, 0.29) is 29.0 Å². The van der Waals surface area contributed by atoms with E-state index in [9.17, 15) is 22.8 Å². The molecule has 0 spiro atoms. The van der Waals surface area contributed by atoms with Crippen LogP contribution in [-0.4, -0.2) is 55.9 Å². The SMILES string of the molecule is COc1cc(C(=O)N2C(C(=O)NC3CCCCC3)CSC2c2ccc(C(F)(F)F)cc2)cc(OC)c1OC. The molecule has 2 aromatic carbocycles. The molecule has 2 atom stereocenters. The molecule has 1 aliphatic carbocycles. The van der Waals surface area contributed by atoms with Gasteiger partial charge in [0.1, 0.15) is 11.4 Å². The fourth-order valence-electron chi connectivity index (χ4n) is 4.95. The predicted molar refractivity (Wildman–Crippen MR) is 138 cm³/mol. The summed E-state index contributed by atoms with van der Waals surface area (Å²) in [6.07, 6.45) is 0.492. The third kappa shape index (κ3) is 5.82. The molecule has 7 nitrogen and oxygen atoms in total. The number of benzene rings is 2. The fraction of sp³-hybridized carbons (Fsp3) is 0.481. The molecule has 1 aliphatic heterocycles. The van der Waals surface area contributed by atoms with Crippen LogP contribution in [-0.2, 0) is 11.0 Å². The number of alkyl halides is 3. The lowest BCUT2D eigenvalue weighted by Crippen LogP contribution is -2.50. The summed E-state index contributed by atoms with van der Waals surface area (Å²) >= 11 is 1.34. The first-order chi connectivity index (χ1) is 18.2. The van der Waals surface area contributed by atoms with Crippen LogP contribution in [0.1, 0.15) is 59.0 Å². The third-order valence-corrected chi connectivity index (χ3v) is 8.25. The zero-order valence-corrected chi connectivity index (χ0v) is 22.3. The highest BCUT2D eigenvalue weighted by atomic mass is 32.2. The van der Waals surface area contributed by atoms with Crippen LogP contribution < -0.4 is 19.5 Å². The van der Waals surface area contributed by atoms with Crippen molar-refractivity contribution >= 4 is 23.6 Å². The molecule has 38 heavy (non-hydrogen) atoms. The molecule has 2 amide bonds. The number of amides is 2. The lowest BCUT2D eigenvalue weighted by molar-refractivity contribution is -0.137. The van der Waals surface area contributed by atoms with Crippen molar-refractivity contribution in [2.75, 3.05) is 27.1 Å². The smallest absolute Gasteiger partial charge is 0.416 e. The van der Waals surface area contributed by atoms with Gasteiger partial charge in [-0.25, -0.2) is 0 Å². The minimum absolute atomic E-state index is 0.0458. The van der Waals surface area contributed by atoms with Gasteiger partial charge in [0.25, 0.3) is 5.91 Å². The molecule has 2 fully saturated rings. The second-order valence-corrected chi connectivity index (χ2v) is 10.4. The highest BCUT2D eigenvalue weighted by molar-refractivity contribution is 7.99. The highest BCUT2D eigenvalue weighted by Crippen LogP contribution is 2.45. The number of halogens is 3. The fourth-order valence-corrected chi connectivity index (χ4v) is 6.38. The van der Waals surface area contributed by atoms with Crippen LogP contribution in [0, 0.1) is 0 Å². The van der Waals surface area contributed by atoms with Crippen LogP contribution in [0.25, 0.3) is 0 Å². The summed E-state index contributed by atoms with van der Waals surface area (Å²) < 4.78 is 55.6. The Morgan fingerprint density at radius 1 is 0.947 bits per heavy atom. The van der Waals surface area contributed by atoms with Gasteiger partial charge in [-0.2, -0.15) is 13.2 Å². The Kier molecular flexibility index (Phi) is 8.64. The maximum Gasteiger partial charge on any atom is 0.416 e. The van der Waals surface area contributed by atoms with Crippen LogP contribution in [0.3, 0.4) is 0 Å². The van der Waals surface area contributed by atoms with E-state index in [4.69, 9.17) is 14.2 Å². The number of carbonyl (C=O) groups is 2. The van der Waals surface area contributed by atoms with Crippen LogP contribution >= 0.6 is 11.8 Å². The third-order valence-electron chi connectivity index (χ3n) is 6.92. The van der Waals surface area contributed by atoms with Gasteiger partial charge < -0.3 is 24.4 Å². The predicted octanol–water partition coefficient (Wildman–Crippen LogP) is 5.44. The largest absolute Gasteiger partial charge is 0.493 e. The van der Waals surface area contributed by atoms with Crippen molar-refractivity contribution in [3.8, 4) is 17.2 Å². The highest BCUT2D eigenvalue weighted by Gasteiger charge is 2.44. The number of ether oxygens (including phenoxy) is 3. The molecule has 11 heteroatoms. The molecule has 1 saturated carbocycles. The second kappa shape index (κ2) is 11.8. The summed E-state index contributed by atoms with van der Waals surface area (Å²) in [7, 11) is 4.32. The molecule has 2 aliphatic rings. The Morgan fingerprint density at radius 2 is 1.55 bits per heavy atom. The van der Waals surface area contributed by atoms with E-state index in [2.05, 4.69) is 5.32 Å². The number of hydrogen-bond acceptors (Lipinski definition) is 6. The van der Waals surface area contributed by atoms with Crippen LogP contribution in [0.15, 0.2) is 36.4 Å². The number of methoxy groups -OCH3 is 3. The number of nitrogens with one attached hydrogen (secondary N) is 1. The Morgan fingerprint density at radius 3 is 2.08 bits per heavy atom. The van der Waals surface area contributed by atoms with E-state index in [1.54, 1.807) is 0 Å². The first-order valence-electron chi connectivity index (χ1n) is 12.4. The van der Waals surface area contributed by atoms with Crippen molar-refractivity contribution in [2.45, 2.75) is 55.7 Å². The van der Waals surface area contributed by atoms with Crippen molar-refractivity contribution in [1.82, 2.24) is 10.2 Å². The number of thioether (sulfide) groups is 1. The minimum Gasteiger partial charge on any atom is -0.493 e. The summed E-state index contributed by atoms with van der Waals surface area (Å²) in [6.45, 7) is 0. The number of carbonyl (C=O) groups excluding carboxylic acids is 2. The van der Waals surface area contributed by atoms with Crippen molar-refractivity contribution in [3.63, 3.8) is 0 Å².